The number of urea groups is 1. The summed E-state index contributed by atoms with van der Waals surface area (Å²) in [4.78, 5) is 29.1. The number of fused-ring (bicyclic) bond motifs is 2. The molecule has 1 aliphatic rings. The van der Waals surface area contributed by atoms with Crippen molar-refractivity contribution in [1.29, 1.82) is 0 Å². The van der Waals surface area contributed by atoms with Gasteiger partial charge in [0.05, 0.1) is 18.4 Å². The quantitative estimate of drug-likeness (QED) is 0.623. The third-order valence-corrected chi connectivity index (χ3v) is 5.17. The van der Waals surface area contributed by atoms with Crippen molar-refractivity contribution in [3.63, 3.8) is 0 Å². The van der Waals surface area contributed by atoms with Crippen molar-refractivity contribution in [2.24, 2.45) is 0 Å². The maximum absolute atomic E-state index is 12.3. The van der Waals surface area contributed by atoms with E-state index in [0.717, 1.165) is 25.0 Å². The number of thiazole rings is 1. The second-order valence-corrected chi connectivity index (χ2v) is 6.90. The maximum atomic E-state index is 12.3. The molecule has 1 aliphatic carbocycles. The van der Waals surface area contributed by atoms with Crippen molar-refractivity contribution in [2.45, 2.75) is 38.6 Å². The van der Waals surface area contributed by atoms with Crippen LogP contribution >= 0.6 is 11.3 Å². The molecule has 0 unspecified atom stereocenters. The van der Waals surface area contributed by atoms with E-state index in [1.807, 2.05) is 0 Å². The van der Waals surface area contributed by atoms with Crippen LogP contribution in [-0.2, 0) is 19.4 Å². The van der Waals surface area contributed by atoms with E-state index in [0.29, 0.717) is 11.5 Å². The topological polar surface area (TPSA) is 104 Å². The molecule has 0 atom stereocenters. The van der Waals surface area contributed by atoms with Crippen LogP contribution in [0.2, 0.25) is 0 Å². The number of amides is 2. The Labute approximate surface area is 147 Å². The predicted octanol–water partition coefficient (Wildman–Crippen LogP) is 2.07. The van der Waals surface area contributed by atoms with Gasteiger partial charge in [0.2, 0.25) is 0 Å². The van der Waals surface area contributed by atoms with Gasteiger partial charge in [0.15, 0.2) is 4.96 Å². The van der Waals surface area contributed by atoms with Crippen LogP contribution in [0.5, 0.6) is 0 Å². The molecule has 0 spiro atoms. The lowest BCUT2D eigenvalue weighted by atomic mass is 10.1. The highest BCUT2D eigenvalue weighted by Gasteiger charge is 2.16. The van der Waals surface area contributed by atoms with Crippen LogP contribution in [0.15, 0.2) is 22.6 Å². The van der Waals surface area contributed by atoms with Gasteiger partial charge in [0, 0.05) is 17.3 Å². The molecule has 3 aromatic rings. The van der Waals surface area contributed by atoms with Gasteiger partial charge in [-0.1, -0.05) is 6.42 Å². The van der Waals surface area contributed by atoms with Crippen molar-refractivity contribution < 1.29 is 4.79 Å². The smallest absolute Gasteiger partial charge is 0.319 e. The van der Waals surface area contributed by atoms with Gasteiger partial charge in [-0.05, 0) is 31.2 Å². The summed E-state index contributed by atoms with van der Waals surface area (Å²) >= 11 is 1.36. The van der Waals surface area contributed by atoms with Crippen LogP contribution in [0.4, 0.5) is 10.5 Å². The molecule has 2 amide bonds. The van der Waals surface area contributed by atoms with Gasteiger partial charge < -0.3 is 10.6 Å². The van der Waals surface area contributed by atoms with Crippen LogP contribution < -0.4 is 16.2 Å². The first-order valence-corrected chi connectivity index (χ1v) is 9.15. The lowest BCUT2D eigenvalue weighted by Crippen LogP contribution is -2.31. The molecule has 4 rings (SSSR count). The second-order valence-electron chi connectivity index (χ2n) is 6.03. The summed E-state index contributed by atoms with van der Waals surface area (Å²) in [5.41, 5.74) is 3.12. The average molecular weight is 358 g/mol. The summed E-state index contributed by atoms with van der Waals surface area (Å²) in [5.74, 6) is 0. The molecular weight excluding hydrogens is 340 g/mol. The molecule has 0 bridgehead atoms. The van der Waals surface area contributed by atoms with Crippen LogP contribution in [0, 0.1) is 0 Å². The van der Waals surface area contributed by atoms with Crippen molar-refractivity contribution in [3.8, 4) is 0 Å². The van der Waals surface area contributed by atoms with Crippen LogP contribution in [0.1, 0.15) is 36.2 Å². The highest BCUT2D eigenvalue weighted by atomic mass is 32.1. The van der Waals surface area contributed by atoms with Gasteiger partial charge in [-0.3, -0.25) is 14.3 Å². The Balaban J connectivity index is 1.43. The van der Waals surface area contributed by atoms with Gasteiger partial charge in [-0.15, -0.1) is 11.3 Å². The van der Waals surface area contributed by atoms with Crippen molar-refractivity contribution in [1.82, 2.24) is 24.9 Å². The van der Waals surface area contributed by atoms with Crippen molar-refractivity contribution in [3.05, 3.63) is 45.1 Å². The lowest BCUT2D eigenvalue weighted by Gasteiger charge is -2.07. The minimum absolute atomic E-state index is 0.147. The third kappa shape index (κ3) is 3.14. The van der Waals surface area contributed by atoms with Gasteiger partial charge >= 0.3 is 6.03 Å². The molecule has 0 saturated heterocycles. The SMILES string of the molecule is O=C(NCc1n[nH]c2c1CCCCC2)Nc1cnc2sccn2c1=O. The van der Waals surface area contributed by atoms with Gasteiger partial charge in [0.1, 0.15) is 5.69 Å². The number of nitrogens with one attached hydrogen (secondary N) is 3. The summed E-state index contributed by atoms with van der Waals surface area (Å²) in [6.07, 6.45) is 8.56. The lowest BCUT2D eigenvalue weighted by molar-refractivity contribution is 0.251. The Morgan fingerprint density at radius 3 is 3.12 bits per heavy atom. The zero-order valence-corrected chi connectivity index (χ0v) is 14.4. The van der Waals surface area contributed by atoms with Gasteiger partial charge in [-0.25, -0.2) is 9.78 Å². The molecule has 3 aromatic heterocycles. The molecule has 0 aromatic carbocycles. The Bertz CT molecular complexity index is 973. The Morgan fingerprint density at radius 1 is 1.32 bits per heavy atom. The molecule has 3 N–H and O–H groups in total. The number of rotatable bonds is 3. The largest absolute Gasteiger partial charge is 0.332 e. The fraction of sp³-hybridized carbons (Fsp3) is 0.375. The van der Waals surface area contributed by atoms with E-state index in [4.69, 9.17) is 0 Å². The number of carbonyl (C=O) groups excluding carboxylic acids is 1. The average Bonchev–Trinajstić information content (AvgIpc) is 3.17. The molecule has 25 heavy (non-hydrogen) atoms. The molecule has 0 saturated carbocycles. The summed E-state index contributed by atoms with van der Waals surface area (Å²) in [6, 6.07) is -0.445. The highest BCUT2D eigenvalue weighted by Crippen LogP contribution is 2.21. The van der Waals surface area contributed by atoms with Crippen molar-refractivity contribution in [2.75, 3.05) is 5.32 Å². The van der Waals surface area contributed by atoms with E-state index in [-0.39, 0.29) is 11.2 Å². The molecule has 0 fully saturated rings. The number of aryl methyl sites for hydroxylation is 1. The standard InChI is InChI=1S/C16H18N6O2S/c23-14-13(9-18-16-22(14)6-7-25-16)19-15(24)17-8-12-10-4-2-1-3-5-11(10)20-21-12/h6-7,9H,1-5,8H2,(H,20,21)(H2,17,19,24). The number of aromatic nitrogens is 4. The Morgan fingerprint density at radius 2 is 2.20 bits per heavy atom. The van der Waals surface area contributed by atoms with E-state index in [2.05, 4.69) is 25.8 Å². The number of aromatic amines is 1. The second kappa shape index (κ2) is 6.67. The third-order valence-electron chi connectivity index (χ3n) is 4.40. The molecule has 8 nitrogen and oxygen atoms in total. The maximum Gasteiger partial charge on any atom is 0.319 e. The molecular formula is C16H18N6O2S. The summed E-state index contributed by atoms with van der Waals surface area (Å²) in [5, 5.41) is 14.5. The fourth-order valence-electron chi connectivity index (χ4n) is 3.11. The number of hydrogen-bond acceptors (Lipinski definition) is 5. The molecule has 3 heterocycles. The van der Waals surface area contributed by atoms with E-state index < -0.39 is 6.03 Å². The monoisotopic (exact) mass is 358 g/mol. The Hall–Kier alpha value is -2.68. The Kier molecular flexibility index (Phi) is 4.22. The van der Waals surface area contributed by atoms with E-state index in [1.54, 1.807) is 11.6 Å². The fourth-order valence-corrected chi connectivity index (χ4v) is 3.79. The summed E-state index contributed by atoms with van der Waals surface area (Å²) in [6.45, 7) is 0.327. The molecule has 9 heteroatoms. The first kappa shape index (κ1) is 15.8. The van der Waals surface area contributed by atoms with Gasteiger partial charge in [-0.2, -0.15) is 5.10 Å². The number of H-pyrrole nitrogens is 1. The highest BCUT2D eigenvalue weighted by molar-refractivity contribution is 7.15. The molecule has 0 aliphatic heterocycles. The minimum atomic E-state index is -0.445. The number of nitrogens with zero attached hydrogens (tertiary/aromatic N) is 3. The molecule has 130 valence electrons. The van der Waals surface area contributed by atoms with Crippen LogP contribution in [0.3, 0.4) is 0 Å². The van der Waals surface area contributed by atoms with Gasteiger partial charge in [0.25, 0.3) is 5.56 Å². The zero-order valence-electron chi connectivity index (χ0n) is 13.5. The zero-order chi connectivity index (χ0) is 17.2. The number of anilines is 1. The summed E-state index contributed by atoms with van der Waals surface area (Å²) < 4.78 is 1.41. The number of hydrogen-bond donors (Lipinski definition) is 3. The van der Waals surface area contributed by atoms with Crippen molar-refractivity contribution >= 4 is 28.0 Å². The minimum Gasteiger partial charge on any atom is -0.332 e. The first-order valence-electron chi connectivity index (χ1n) is 8.27. The number of carbonyl (C=O) groups is 1. The molecule has 0 radical (unpaired) electrons. The first-order chi connectivity index (χ1) is 12.2. The van der Waals surface area contributed by atoms with E-state index >= 15 is 0 Å². The van der Waals surface area contributed by atoms with Crippen LogP contribution in [-0.4, -0.2) is 25.6 Å². The van der Waals surface area contributed by atoms with E-state index in [1.165, 1.54) is 46.0 Å². The van der Waals surface area contributed by atoms with Crippen LogP contribution in [0.25, 0.3) is 4.96 Å². The normalized spacial score (nSPS) is 14.1. The van der Waals surface area contributed by atoms with E-state index in [9.17, 15) is 9.59 Å². The predicted molar refractivity (Wildman–Crippen MR) is 95.0 cm³/mol. The summed E-state index contributed by atoms with van der Waals surface area (Å²) in [7, 11) is 0.